The Bertz CT molecular complexity index is 537. The summed E-state index contributed by atoms with van der Waals surface area (Å²) in [5.41, 5.74) is 1.89. The minimum atomic E-state index is 0.615. The van der Waals surface area contributed by atoms with Crippen LogP contribution in [-0.4, -0.2) is 29.8 Å². The molecule has 2 aromatic rings. The Balaban J connectivity index is 1.96. The van der Waals surface area contributed by atoms with E-state index in [1.54, 1.807) is 13.4 Å². The van der Waals surface area contributed by atoms with E-state index < -0.39 is 0 Å². The molecule has 0 radical (unpaired) electrons. The molecule has 0 atom stereocenters. The Morgan fingerprint density at radius 3 is 2.75 bits per heavy atom. The maximum Gasteiger partial charge on any atom is 0.0953 e. The second-order valence-corrected chi connectivity index (χ2v) is 5.22. The number of imidazole rings is 1. The fraction of sp³-hybridized carbons (Fsp3) is 0.357. The van der Waals surface area contributed by atoms with E-state index in [0.717, 1.165) is 17.8 Å². The fourth-order valence-electron chi connectivity index (χ4n) is 1.84. The molecule has 1 aromatic heterocycles. The minimum Gasteiger partial charge on any atom is -0.383 e. The van der Waals surface area contributed by atoms with Crippen LogP contribution in [0.4, 0.5) is 0 Å². The number of nitrogens with zero attached hydrogens (tertiary/aromatic N) is 2. The summed E-state index contributed by atoms with van der Waals surface area (Å²) >= 11 is 12.3. The molecule has 0 aliphatic rings. The summed E-state index contributed by atoms with van der Waals surface area (Å²) in [6.07, 6.45) is 3.77. The topological polar surface area (TPSA) is 39.1 Å². The number of nitrogens with one attached hydrogen (secondary N) is 1. The Morgan fingerprint density at radius 2 is 2.05 bits per heavy atom. The zero-order chi connectivity index (χ0) is 14.4. The predicted octanol–water partition coefficient (Wildman–Crippen LogP) is 2.97. The zero-order valence-corrected chi connectivity index (χ0v) is 12.8. The first kappa shape index (κ1) is 15.3. The van der Waals surface area contributed by atoms with Crippen LogP contribution in [0, 0.1) is 0 Å². The van der Waals surface area contributed by atoms with E-state index in [2.05, 4.69) is 10.3 Å². The number of hydrogen-bond donors (Lipinski definition) is 1. The van der Waals surface area contributed by atoms with Crippen molar-refractivity contribution in [2.75, 3.05) is 20.3 Å². The molecule has 0 spiro atoms. The van der Waals surface area contributed by atoms with E-state index in [-0.39, 0.29) is 0 Å². The molecule has 0 unspecified atom stereocenters. The molecule has 20 heavy (non-hydrogen) atoms. The number of ether oxygens (including phenoxy) is 1. The maximum absolute atomic E-state index is 6.16. The van der Waals surface area contributed by atoms with Crippen LogP contribution < -0.4 is 5.32 Å². The molecular formula is C14H17Cl2N3O. The normalized spacial score (nSPS) is 10.9. The summed E-state index contributed by atoms with van der Waals surface area (Å²) in [5.74, 6) is 0. The fourth-order valence-corrected chi connectivity index (χ4v) is 2.36. The van der Waals surface area contributed by atoms with Gasteiger partial charge in [0.25, 0.3) is 0 Å². The number of halogens is 2. The SMILES string of the molecule is COCCNCc1cn(Cc2c(Cl)cccc2Cl)cn1. The third-order valence-electron chi connectivity index (χ3n) is 2.88. The van der Waals surface area contributed by atoms with Crippen molar-refractivity contribution in [1.82, 2.24) is 14.9 Å². The van der Waals surface area contributed by atoms with E-state index in [9.17, 15) is 0 Å². The highest BCUT2D eigenvalue weighted by Gasteiger charge is 2.07. The van der Waals surface area contributed by atoms with Crippen molar-refractivity contribution >= 4 is 23.2 Å². The van der Waals surface area contributed by atoms with Gasteiger partial charge in [-0.25, -0.2) is 4.98 Å². The van der Waals surface area contributed by atoms with Gasteiger partial charge in [0.2, 0.25) is 0 Å². The van der Waals surface area contributed by atoms with E-state index in [0.29, 0.717) is 29.7 Å². The first-order valence-corrected chi connectivity index (χ1v) is 7.09. The van der Waals surface area contributed by atoms with Crippen molar-refractivity contribution in [1.29, 1.82) is 0 Å². The average Bonchev–Trinajstić information content (AvgIpc) is 2.87. The van der Waals surface area contributed by atoms with Crippen LogP contribution in [0.5, 0.6) is 0 Å². The molecule has 0 saturated carbocycles. The lowest BCUT2D eigenvalue weighted by molar-refractivity contribution is 0.199. The average molecular weight is 314 g/mol. The highest BCUT2D eigenvalue weighted by atomic mass is 35.5. The lowest BCUT2D eigenvalue weighted by Crippen LogP contribution is -2.18. The first-order chi connectivity index (χ1) is 9.70. The van der Waals surface area contributed by atoms with Gasteiger partial charge in [-0.05, 0) is 12.1 Å². The Morgan fingerprint density at radius 1 is 1.30 bits per heavy atom. The van der Waals surface area contributed by atoms with Crippen LogP contribution in [-0.2, 0) is 17.8 Å². The molecule has 6 heteroatoms. The number of benzene rings is 1. The molecule has 1 N–H and O–H groups in total. The number of methoxy groups -OCH3 is 1. The highest BCUT2D eigenvalue weighted by molar-refractivity contribution is 6.35. The van der Waals surface area contributed by atoms with Crippen molar-refractivity contribution in [3.05, 3.63) is 52.0 Å². The summed E-state index contributed by atoms with van der Waals surface area (Å²) in [4.78, 5) is 4.34. The van der Waals surface area contributed by atoms with Crippen molar-refractivity contribution in [3.63, 3.8) is 0 Å². The van der Waals surface area contributed by atoms with Crippen molar-refractivity contribution in [2.24, 2.45) is 0 Å². The number of aromatic nitrogens is 2. The van der Waals surface area contributed by atoms with Crippen LogP contribution in [0.3, 0.4) is 0 Å². The van der Waals surface area contributed by atoms with E-state index >= 15 is 0 Å². The minimum absolute atomic E-state index is 0.615. The lowest BCUT2D eigenvalue weighted by atomic mass is 10.2. The number of hydrogen-bond acceptors (Lipinski definition) is 3. The van der Waals surface area contributed by atoms with Crippen LogP contribution >= 0.6 is 23.2 Å². The third-order valence-corrected chi connectivity index (χ3v) is 3.59. The molecule has 0 aliphatic heterocycles. The third kappa shape index (κ3) is 4.21. The smallest absolute Gasteiger partial charge is 0.0953 e. The first-order valence-electron chi connectivity index (χ1n) is 6.34. The standard InChI is InChI=1S/C14H17Cl2N3O/c1-20-6-5-17-7-11-8-19(10-18-11)9-12-13(15)3-2-4-14(12)16/h2-4,8,10,17H,5-7,9H2,1H3. The van der Waals surface area contributed by atoms with Crippen LogP contribution in [0.1, 0.15) is 11.3 Å². The summed E-state index contributed by atoms with van der Waals surface area (Å²) in [5, 5.41) is 4.59. The van der Waals surface area contributed by atoms with Gasteiger partial charge >= 0.3 is 0 Å². The molecule has 4 nitrogen and oxygen atoms in total. The summed E-state index contributed by atoms with van der Waals surface area (Å²) in [6.45, 7) is 2.83. The molecule has 0 fully saturated rings. The van der Waals surface area contributed by atoms with Crippen LogP contribution in [0.2, 0.25) is 10.0 Å². The molecule has 0 bridgehead atoms. The van der Waals surface area contributed by atoms with Gasteiger partial charge in [-0.15, -0.1) is 0 Å². The summed E-state index contributed by atoms with van der Waals surface area (Å²) in [6, 6.07) is 5.52. The molecule has 0 aliphatic carbocycles. The lowest BCUT2D eigenvalue weighted by Gasteiger charge is -2.07. The Kier molecular flexibility index (Phi) is 5.86. The van der Waals surface area contributed by atoms with Crippen molar-refractivity contribution in [2.45, 2.75) is 13.1 Å². The molecule has 2 rings (SSSR count). The molecule has 108 valence electrons. The van der Waals surface area contributed by atoms with Crippen molar-refractivity contribution < 1.29 is 4.74 Å². The second-order valence-electron chi connectivity index (χ2n) is 4.41. The Hall–Kier alpha value is -1.07. The summed E-state index contributed by atoms with van der Waals surface area (Å²) < 4.78 is 6.95. The highest BCUT2D eigenvalue weighted by Crippen LogP contribution is 2.25. The second kappa shape index (κ2) is 7.64. The van der Waals surface area contributed by atoms with E-state index in [1.807, 2.05) is 29.0 Å². The van der Waals surface area contributed by atoms with E-state index in [4.69, 9.17) is 27.9 Å². The van der Waals surface area contributed by atoms with Gasteiger partial charge in [-0.1, -0.05) is 29.3 Å². The Labute approximate surface area is 128 Å². The van der Waals surface area contributed by atoms with Gasteiger partial charge in [-0.2, -0.15) is 0 Å². The van der Waals surface area contributed by atoms with Gasteiger partial charge in [0.05, 0.1) is 25.2 Å². The monoisotopic (exact) mass is 313 g/mol. The van der Waals surface area contributed by atoms with Crippen molar-refractivity contribution in [3.8, 4) is 0 Å². The predicted molar refractivity (Wildman–Crippen MR) is 81.4 cm³/mol. The van der Waals surface area contributed by atoms with Gasteiger partial charge < -0.3 is 14.6 Å². The molecule has 1 aromatic carbocycles. The zero-order valence-electron chi connectivity index (χ0n) is 11.3. The largest absolute Gasteiger partial charge is 0.383 e. The number of rotatable bonds is 7. The molecule has 0 saturated heterocycles. The van der Waals surface area contributed by atoms with Gasteiger partial charge in [0.1, 0.15) is 0 Å². The van der Waals surface area contributed by atoms with Crippen LogP contribution in [0.15, 0.2) is 30.7 Å². The van der Waals surface area contributed by atoms with Crippen LogP contribution in [0.25, 0.3) is 0 Å². The molecule has 0 amide bonds. The summed E-state index contributed by atoms with van der Waals surface area (Å²) in [7, 11) is 1.68. The van der Waals surface area contributed by atoms with Gasteiger partial charge in [-0.3, -0.25) is 0 Å². The quantitative estimate of drug-likeness (QED) is 0.799. The maximum atomic E-state index is 6.16. The molecule has 1 heterocycles. The molecular weight excluding hydrogens is 297 g/mol. The van der Waals surface area contributed by atoms with Gasteiger partial charge in [0.15, 0.2) is 0 Å². The van der Waals surface area contributed by atoms with E-state index in [1.165, 1.54) is 0 Å². The van der Waals surface area contributed by atoms with Gasteiger partial charge in [0, 0.05) is 42.0 Å².